The predicted molar refractivity (Wildman–Crippen MR) is 69.1 cm³/mol. The number of hydrogen-bond acceptors (Lipinski definition) is 2. The van der Waals surface area contributed by atoms with Gasteiger partial charge in [-0.25, -0.2) is 13.2 Å². The van der Waals surface area contributed by atoms with E-state index >= 15 is 0 Å². The number of alkyl halides is 5. The minimum absolute atomic E-state index is 0.149. The smallest absolute Gasteiger partial charge is 0.385 e. The molecular weight excluding hydrogens is 338 g/mol. The molecule has 0 fully saturated rings. The van der Waals surface area contributed by atoms with Crippen LogP contribution in [-0.4, -0.2) is 15.8 Å². The van der Waals surface area contributed by atoms with E-state index in [1.165, 1.54) is 6.07 Å². The van der Waals surface area contributed by atoms with Crippen molar-refractivity contribution < 1.29 is 31.4 Å². The van der Waals surface area contributed by atoms with Gasteiger partial charge < -0.3 is 9.67 Å². The molecule has 0 radical (unpaired) electrons. The summed E-state index contributed by atoms with van der Waals surface area (Å²) in [5.41, 5.74) is -3.57. The van der Waals surface area contributed by atoms with Crippen molar-refractivity contribution in [3.8, 4) is 11.8 Å². The molecule has 24 heavy (non-hydrogen) atoms. The Bertz CT molecular complexity index is 851. The van der Waals surface area contributed by atoms with Gasteiger partial charge in [-0.05, 0) is 18.2 Å². The Hall–Kier alpha value is -2.47. The monoisotopic (exact) mass is 346 g/mol. The molecule has 1 aromatic carbocycles. The second-order valence-corrected chi connectivity index (χ2v) is 5.28. The number of nitrogens with zero attached hydrogens (tertiary/aromatic N) is 2. The van der Waals surface area contributed by atoms with Crippen molar-refractivity contribution in [2.45, 2.75) is 24.6 Å². The van der Waals surface area contributed by atoms with Crippen LogP contribution in [0.3, 0.4) is 0 Å². The van der Waals surface area contributed by atoms with Crippen LogP contribution < -0.4 is 0 Å². The summed E-state index contributed by atoms with van der Waals surface area (Å²) in [6.45, 7) is 0. The maximum Gasteiger partial charge on any atom is 0.418 e. The maximum atomic E-state index is 14.1. The molecule has 3 atom stereocenters. The van der Waals surface area contributed by atoms with Gasteiger partial charge in [0.05, 0.1) is 16.8 Å². The van der Waals surface area contributed by atoms with Gasteiger partial charge in [0, 0.05) is 17.4 Å². The van der Waals surface area contributed by atoms with E-state index < -0.39 is 52.8 Å². The quantitative estimate of drug-likeness (QED) is 0.796. The summed E-state index contributed by atoms with van der Waals surface area (Å²) < 4.78 is 81.2. The summed E-state index contributed by atoms with van der Waals surface area (Å²) in [5, 5.41) is 18.4. The number of aromatic nitrogens is 1. The van der Waals surface area contributed by atoms with Gasteiger partial charge in [-0.3, -0.25) is 0 Å². The zero-order valence-electron chi connectivity index (χ0n) is 11.7. The van der Waals surface area contributed by atoms with E-state index in [0.717, 1.165) is 18.2 Å². The Morgan fingerprint density at radius 1 is 1.21 bits per heavy atom. The fraction of sp³-hybridized carbons (Fsp3) is 0.267. The van der Waals surface area contributed by atoms with Crippen molar-refractivity contribution >= 4 is 0 Å². The summed E-state index contributed by atoms with van der Waals surface area (Å²) >= 11 is 0. The van der Waals surface area contributed by atoms with Gasteiger partial charge in [0.15, 0.2) is 12.3 Å². The Morgan fingerprint density at radius 3 is 2.46 bits per heavy atom. The summed E-state index contributed by atoms with van der Waals surface area (Å²) in [4.78, 5) is 0. The molecule has 3 rings (SSSR count). The molecule has 1 aliphatic carbocycles. The summed E-state index contributed by atoms with van der Waals surface area (Å²) in [7, 11) is 0. The zero-order chi connectivity index (χ0) is 17.8. The normalized spacial score (nSPS) is 23.2. The molecule has 0 unspecified atom stereocenters. The van der Waals surface area contributed by atoms with E-state index in [9.17, 15) is 31.4 Å². The third-order valence-corrected chi connectivity index (χ3v) is 3.88. The second-order valence-electron chi connectivity index (χ2n) is 5.28. The summed E-state index contributed by atoms with van der Waals surface area (Å²) in [5.74, 6) is -0.902. The van der Waals surface area contributed by atoms with E-state index in [1.807, 2.05) is 0 Å². The lowest BCUT2D eigenvalue weighted by molar-refractivity contribution is -0.139. The first-order valence-corrected chi connectivity index (χ1v) is 6.65. The van der Waals surface area contributed by atoms with Crippen molar-refractivity contribution in [1.82, 2.24) is 4.57 Å². The van der Waals surface area contributed by atoms with E-state index in [2.05, 4.69) is 0 Å². The van der Waals surface area contributed by atoms with Crippen LogP contribution in [0.25, 0.3) is 5.69 Å². The van der Waals surface area contributed by atoms with Gasteiger partial charge >= 0.3 is 6.18 Å². The van der Waals surface area contributed by atoms with Crippen LogP contribution in [0.15, 0.2) is 24.4 Å². The summed E-state index contributed by atoms with van der Waals surface area (Å²) in [6, 6.07) is 4.29. The number of hydrogen-bond donors (Lipinski definition) is 1. The maximum absolute atomic E-state index is 14.1. The fourth-order valence-corrected chi connectivity index (χ4v) is 2.79. The van der Waals surface area contributed by atoms with Crippen LogP contribution in [0, 0.1) is 17.1 Å². The minimum atomic E-state index is -4.95. The molecule has 126 valence electrons. The third-order valence-electron chi connectivity index (χ3n) is 3.88. The second kappa shape index (κ2) is 5.27. The van der Waals surface area contributed by atoms with Crippen molar-refractivity contribution in [3.05, 3.63) is 52.6 Å². The number of rotatable bonds is 1. The van der Waals surface area contributed by atoms with Crippen molar-refractivity contribution in [2.75, 3.05) is 0 Å². The molecular formula is C15H8F6N2O. The number of nitriles is 1. The van der Waals surface area contributed by atoms with Crippen LogP contribution in [0.5, 0.6) is 0 Å². The first-order chi connectivity index (χ1) is 11.2. The zero-order valence-corrected chi connectivity index (χ0v) is 11.7. The highest BCUT2D eigenvalue weighted by atomic mass is 19.4. The highest BCUT2D eigenvalue weighted by Crippen LogP contribution is 2.50. The lowest BCUT2D eigenvalue weighted by atomic mass is 10.1. The molecule has 1 heterocycles. The van der Waals surface area contributed by atoms with Crippen LogP contribution in [-0.2, 0) is 6.18 Å². The number of benzene rings is 1. The topological polar surface area (TPSA) is 49.0 Å². The molecule has 0 bridgehead atoms. The molecule has 0 aliphatic heterocycles. The van der Waals surface area contributed by atoms with Crippen LogP contribution in [0.2, 0.25) is 0 Å². The highest BCUT2D eigenvalue weighted by molar-refractivity contribution is 5.51. The van der Waals surface area contributed by atoms with Gasteiger partial charge in [0.25, 0.3) is 0 Å². The van der Waals surface area contributed by atoms with Crippen LogP contribution in [0.1, 0.15) is 34.7 Å². The van der Waals surface area contributed by atoms with E-state index in [-0.39, 0.29) is 5.69 Å². The SMILES string of the molecule is N#Cc1cc(-n2cc(C(F)(F)F)c3c2[C@@H](F)[C@H](F)[C@@H]3O)ccc1F. The first kappa shape index (κ1) is 16.4. The van der Waals surface area contributed by atoms with Gasteiger partial charge in [0.2, 0.25) is 0 Å². The minimum Gasteiger partial charge on any atom is -0.385 e. The molecule has 0 saturated heterocycles. The fourth-order valence-electron chi connectivity index (χ4n) is 2.79. The number of aliphatic hydroxyl groups is 1. The van der Waals surface area contributed by atoms with Crippen LogP contribution in [0.4, 0.5) is 26.3 Å². The largest absolute Gasteiger partial charge is 0.418 e. The summed E-state index contributed by atoms with van der Waals surface area (Å²) in [6.07, 6.45) is -11.7. The molecule has 9 heteroatoms. The number of halogens is 6. The Balaban J connectivity index is 2.28. The molecule has 0 amide bonds. The highest BCUT2D eigenvalue weighted by Gasteiger charge is 2.50. The molecule has 3 nitrogen and oxygen atoms in total. The molecule has 2 aromatic rings. The van der Waals surface area contributed by atoms with E-state index in [1.54, 1.807) is 0 Å². The van der Waals surface area contributed by atoms with Crippen LogP contribution >= 0.6 is 0 Å². The number of fused-ring (bicyclic) bond motifs is 1. The van der Waals surface area contributed by atoms with E-state index in [4.69, 9.17) is 5.26 Å². The standard InChI is InChI=1S/C15H8F6N2O/c16-9-2-1-7(3-6(9)4-22)23-5-8(15(19,20)21)10-13(23)11(17)12(18)14(10)24/h1-3,5,11-12,14,24H/t11-,12-,14+/m0/s1. The molecule has 0 saturated carbocycles. The molecule has 1 aromatic heterocycles. The van der Waals surface area contributed by atoms with Crippen molar-refractivity contribution in [3.63, 3.8) is 0 Å². The Labute approximate surface area is 131 Å². The van der Waals surface area contributed by atoms with Gasteiger partial charge in [-0.1, -0.05) is 0 Å². The first-order valence-electron chi connectivity index (χ1n) is 6.65. The van der Waals surface area contributed by atoms with E-state index in [0.29, 0.717) is 10.8 Å². The van der Waals surface area contributed by atoms with Gasteiger partial charge in [-0.2, -0.15) is 18.4 Å². The van der Waals surface area contributed by atoms with Gasteiger partial charge in [0.1, 0.15) is 18.0 Å². The third kappa shape index (κ3) is 2.26. The average Bonchev–Trinajstić information content (AvgIpc) is 3.01. The van der Waals surface area contributed by atoms with Crippen molar-refractivity contribution in [1.29, 1.82) is 5.26 Å². The van der Waals surface area contributed by atoms with Gasteiger partial charge in [-0.15, -0.1) is 0 Å². The van der Waals surface area contributed by atoms with Crippen molar-refractivity contribution in [2.24, 2.45) is 0 Å². The lowest BCUT2D eigenvalue weighted by Gasteiger charge is -2.13. The predicted octanol–water partition coefficient (Wildman–Crippen LogP) is 3.90. The lowest BCUT2D eigenvalue weighted by Crippen LogP contribution is -2.15. The number of aliphatic hydroxyl groups excluding tert-OH is 1. The molecule has 0 spiro atoms. The molecule has 1 N–H and O–H groups in total. The Morgan fingerprint density at radius 2 is 1.88 bits per heavy atom. The Kier molecular flexibility index (Phi) is 3.60. The average molecular weight is 346 g/mol. The molecule has 1 aliphatic rings.